The number of carbonyl (C=O) groups excluding carboxylic acids is 1. The molecule has 0 aliphatic rings. The van der Waals surface area contributed by atoms with Crippen LogP contribution in [0.4, 0.5) is 11.4 Å². The molecule has 3 aromatic carbocycles. The number of methoxy groups -OCH3 is 1. The Hall–Kier alpha value is -3.67. The van der Waals surface area contributed by atoms with Crippen molar-refractivity contribution in [1.82, 2.24) is 0 Å². The fourth-order valence-corrected chi connectivity index (χ4v) is 3.02. The van der Waals surface area contributed by atoms with E-state index in [4.69, 9.17) is 0 Å². The summed E-state index contributed by atoms with van der Waals surface area (Å²) in [4.78, 5) is 25.0. The van der Waals surface area contributed by atoms with Gasteiger partial charge in [-0.2, -0.15) is 0 Å². The van der Waals surface area contributed by atoms with Crippen LogP contribution < -0.4 is 4.90 Å². The molecule has 0 aliphatic heterocycles. The van der Waals surface area contributed by atoms with E-state index in [1.165, 1.54) is 13.2 Å². The van der Waals surface area contributed by atoms with Crippen LogP contribution in [0.3, 0.4) is 0 Å². The van der Waals surface area contributed by atoms with Gasteiger partial charge in [-0.25, -0.2) is 4.79 Å². The second kappa shape index (κ2) is 8.81. The minimum absolute atomic E-state index is 0.130. The maximum Gasteiger partial charge on any atom is 0.338 e. The predicted molar refractivity (Wildman–Crippen MR) is 107 cm³/mol. The van der Waals surface area contributed by atoms with Crippen molar-refractivity contribution in [2.45, 2.75) is 13.1 Å². The third-order valence-electron chi connectivity index (χ3n) is 4.37. The average Bonchev–Trinajstić information content (AvgIpc) is 2.73. The monoisotopic (exact) mass is 376 g/mol. The number of rotatable bonds is 7. The fraction of sp³-hybridized carbons (Fsp3) is 0.136. The van der Waals surface area contributed by atoms with E-state index >= 15 is 0 Å². The summed E-state index contributed by atoms with van der Waals surface area (Å²) < 4.78 is 4.69. The smallest absolute Gasteiger partial charge is 0.338 e. The van der Waals surface area contributed by atoms with Crippen molar-refractivity contribution in [3.63, 3.8) is 0 Å². The summed E-state index contributed by atoms with van der Waals surface area (Å²) in [5.41, 5.74) is 2.53. The summed E-state index contributed by atoms with van der Waals surface area (Å²) in [7, 11) is 1.25. The molecule has 0 aliphatic carbocycles. The van der Waals surface area contributed by atoms with Gasteiger partial charge in [0.15, 0.2) is 0 Å². The standard InChI is InChI=1S/C22H20N2O4/c1-28-22(25)19-12-13-20(21(14-19)24(26)27)23(15-17-8-4-2-5-9-17)16-18-10-6-3-7-11-18/h2-14H,15-16H2,1H3. The first kappa shape index (κ1) is 19.1. The van der Waals surface area contributed by atoms with E-state index in [0.717, 1.165) is 11.1 Å². The normalized spacial score (nSPS) is 10.3. The summed E-state index contributed by atoms with van der Waals surface area (Å²) in [6.07, 6.45) is 0. The molecule has 0 unspecified atom stereocenters. The summed E-state index contributed by atoms with van der Waals surface area (Å²) in [5.74, 6) is -0.604. The number of nitrogens with zero attached hydrogens (tertiary/aromatic N) is 2. The van der Waals surface area contributed by atoms with Crippen molar-refractivity contribution in [3.8, 4) is 0 Å². The molecular weight excluding hydrogens is 356 g/mol. The fourth-order valence-electron chi connectivity index (χ4n) is 3.02. The molecule has 6 heteroatoms. The molecule has 0 radical (unpaired) electrons. The molecule has 6 nitrogen and oxygen atoms in total. The number of esters is 1. The molecule has 0 spiro atoms. The summed E-state index contributed by atoms with van der Waals surface area (Å²) in [5, 5.41) is 11.7. The number of nitro groups is 1. The molecule has 3 aromatic rings. The van der Waals surface area contributed by atoms with Gasteiger partial charge in [0, 0.05) is 19.2 Å². The summed E-state index contributed by atoms with van der Waals surface area (Å²) >= 11 is 0. The van der Waals surface area contributed by atoms with Gasteiger partial charge in [-0.15, -0.1) is 0 Å². The molecule has 0 N–H and O–H groups in total. The Morgan fingerprint density at radius 1 is 0.929 bits per heavy atom. The molecule has 0 saturated carbocycles. The average molecular weight is 376 g/mol. The van der Waals surface area contributed by atoms with Gasteiger partial charge in [0.2, 0.25) is 0 Å². The number of benzene rings is 3. The SMILES string of the molecule is COC(=O)c1ccc(N(Cc2ccccc2)Cc2ccccc2)c([N+](=O)[O-])c1. The highest BCUT2D eigenvalue weighted by molar-refractivity contribution is 5.91. The minimum Gasteiger partial charge on any atom is -0.465 e. The molecule has 0 aromatic heterocycles. The Bertz CT molecular complexity index is 917. The molecule has 0 bridgehead atoms. The first-order valence-corrected chi connectivity index (χ1v) is 8.78. The van der Waals surface area contributed by atoms with E-state index in [1.807, 2.05) is 65.6 Å². The van der Waals surface area contributed by atoms with E-state index in [9.17, 15) is 14.9 Å². The van der Waals surface area contributed by atoms with E-state index in [0.29, 0.717) is 18.8 Å². The van der Waals surface area contributed by atoms with Crippen molar-refractivity contribution in [2.24, 2.45) is 0 Å². The van der Waals surface area contributed by atoms with Crippen LogP contribution in [0.25, 0.3) is 0 Å². The topological polar surface area (TPSA) is 72.7 Å². The largest absolute Gasteiger partial charge is 0.465 e. The van der Waals surface area contributed by atoms with Gasteiger partial charge in [0.1, 0.15) is 5.69 Å². The van der Waals surface area contributed by atoms with Crippen molar-refractivity contribution in [1.29, 1.82) is 0 Å². The van der Waals surface area contributed by atoms with Gasteiger partial charge in [-0.05, 0) is 23.3 Å². The number of nitro benzene ring substituents is 1. The second-order valence-electron chi connectivity index (χ2n) is 6.28. The lowest BCUT2D eigenvalue weighted by Crippen LogP contribution is -2.23. The van der Waals surface area contributed by atoms with Crippen LogP contribution >= 0.6 is 0 Å². The molecule has 0 amide bonds. The zero-order valence-corrected chi connectivity index (χ0v) is 15.4. The van der Waals surface area contributed by atoms with Crippen LogP contribution in [-0.2, 0) is 17.8 Å². The molecular formula is C22H20N2O4. The van der Waals surface area contributed by atoms with E-state index in [1.54, 1.807) is 12.1 Å². The van der Waals surface area contributed by atoms with Gasteiger partial charge in [0.05, 0.1) is 17.6 Å². The van der Waals surface area contributed by atoms with Crippen LogP contribution in [-0.4, -0.2) is 18.0 Å². The molecule has 0 fully saturated rings. The Morgan fingerprint density at radius 2 is 1.46 bits per heavy atom. The van der Waals surface area contributed by atoms with Gasteiger partial charge in [-0.1, -0.05) is 60.7 Å². The molecule has 142 valence electrons. The Morgan fingerprint density at radius 3 is 1.93 bits per heavy atom. The Kier molecular flexibility index (Phi) is 6.01. The number of hydrogen-bond acceptors (Lipinski definition) is 5. The van der Waals surface area contributed by atoms with E-state index in [2.05, 4.69) is 4.74 Å². The Balaban J connectivity index is 2.03. The van der Waals surface area contributed by atoms with E-state index < -0.39 is 10.9 Å². The van der Waals surface area contributed by atoms with Gasteiger partial charge >= 0.3 is 5.97 Å². The number of carbonyl (C=O) groups is 1. The van der Waals surface area contributed by atoms with Crippen LogP contribution in [0, 0.1) is 10.1 Å². The molecule has 3 rings (SSSR count). The number of hydrogen-bond donors (Lipinski definition) is 0. The van der Waals surface area contributed by atoms with Gasteiger partial charge in [-0.3, -0.25) is 10.1 Å². The van der Waals surface area contributed by atoms with Crippen molar-refractivity contribution >= 4 is 17.3 Å². The van der Waals surface area contributed by atoms with Crippen LogP contribution in [0.5, 0.6) is 0 Å². The Labute approximate surface area is 163 Å². The highest BCUT2D eigenvalue weighted by Gasteiger charge is 2.22. The highest BCUT2D eigenvalue weighted by atomic mass is 16.6. The lowest BCUT2D eigenvalue weighted by atomic mass is 10.1. The third kappa shape index (κ3) is 4.54. The third-order valence-corrected chi connectivity index (χ3v) is 4.37. The van der Waals surface area contributed by atoms with E-state index in [-0.39, 0.29) is 11.3 Å². The van der Waals surface area contributed by atoms with Crippen LogP contribution in [0.1, 0.15) is 21.5 Å². The van der Waals surface area contributed by atoms with Crippen molar-refractivity contribution in [3.05, 3.63) is 106 Å². The van der Waals surface area contributed by atoms with Gasteiger partial charge in [0.25, 0.3) is 5.69 Å². The van der Waals surface area contributed by atoms with Crippen molar-refractivity contribution in [2.75, 3.05) is 12.0 Å². The molecule has 28 heavy (non-hydrogen) atoms. The second-order valence-corrected chi connectivity index (χ2v) is 6.28. The lowest BCUT2D eigenvalue weighted by molar-refractivity contribution is -0.384. The first-order valence-electron chi connectivity index (χ1n) is 8.78. The van der Waals surface area contributed by atoms with Crippen LogP contribution in [0.15, 0.2) is 78.9 Å². The summed E-state index contributed by atoms with van der Waals surface area (Å²) in [6.45, 7) is 0.988. The predicted octanol–water partition coefficient (Wildman–Crippen LogP) is 4.59. The maximum atomic E-state index is 11.8. The minimum atomic E-state index is -0.604. The van der Waals surface area contributed by atoms with Crippen molar-refractivity contribution < 1.29 is 14.5 Å². The highest BCUT2D eigenvalue weighted by Crippen LogP contribution is 2.32. The molecule has 0 atom stereocenters. The maximum absolute atomic E-state index is 11.8. The zero-order chi connectivity index (χ0) is 19.9. The molecule has 0 heterocycles. The lowest BCUT2D eigenvalue weighted by Gasteiger charge is -2.25. The number of ether oxygens (including phenoxy) is 1. The number of anilines is 1. The van der Waals surface area contributed by atoms with Crippen LogP contribution in [0.2, 0.25) is 0 Å². The molecule has 0 saturated heterocycles. The first-order chi connectivity index (χ1) is 13.6. The zero-order valence-electron chi connectivity index (χ0n) is 15.4. The quantitative estimate of drug-likeness (QED) is 0.343. The van der Waals surface area contributed by atoms with Gasteiger partial charge < -0.3 is 9.64 Å². The summed E-state index contributed by atoms with van der Waals surface area (Å²) in [6, 6.07) is 23.9.